The van der Waals surface area contributed by atoms with E-state index in [1.807, 2.05) is 0 Å². The molecular formula is C7H6Cl5NO2S. The first-order valence-electron chi connectivity index (χ1n) is 3.65. The first-order chi connectivity index (χ1) is 7.27. The summed E-state index contributed by atoms with van der Waals surface area (Å²) in [6.07, 6.45) is 0. The largest absolute Gasteiger partial charge is 0.480 e. The fraction of sp³-hybridized carbons (Fsp3) is 0.286. The van der Waals surface area contributed by atoms with Crippen molar-refractivity contribution in [2.45, 2.75) is 6.04 Å². The van der Waals surface area contributed by atoms with E-state index >= 15 is 0 Å². The minimum atomic E-state index is -1.13. The van der Waals surface area contributed by atoms with Gasteiger partial charge in [-0.05, 0) is 0 Å². The number of rotatable bonds is 5. The van der Waals surface area contributed by atoms with Crippen LogP contribution in [0.4, 0.5) is 0 Å². The number of carboxylic acids is 1. The van der Waals surface area contributed by atoms with Gasteiger partial charge in [0.15, 0.2) is 0 Å². The second-order valence-corrected chi connectivity index (χ2v) is 5.76. The van der Waals surface area contributed by atoms with E-state index < -0.39 is 12.0 Å². The molecule has 3 nitrogen and oxygen atoms in total. The fourth-order valence-electron chi connectivity index (χ4n) is 0.467. The molecule has 1 unspecified atom stereocenters. The van der Waals surface area contributed by atoms with Crippen LogP contribution in [0.1, 0.15) is 0 Å². The van der Waals surface area contributed by atoms with Gasteiger partial charge in [0.05, 0.1) is 14.4 Å². The van der Waals surface area contributed by atoms with Crippen LogP contribution in [0.3, 0.4) is 0 Å². The van der Waals surface area contributed by atoms with E-state index in [9.17, 15) is 4.79 Å². The number of thioether (sulfide) groups is 1. The molecule has 0 bridgehead atoms. The smallest absolute Gasteiger partial charge is 0.321 e. The van der Waals surface area contributed by atoms with E-state index in [2.05, 4.69) is 0 Å². The van der Waals surface area contributed by atoms with E-state index in [1.54, 1.807) is 0 Å². The Kier molecular flexibility index (Phi) is 8.28. The standard InChI is InChI=1S/C7H6Cl5NO2S/c8-3(5(10)11)4(9)6(12)16-1-2(13)7(14)15/h2H,1,13H2,(H,14,15). The lowest BCUT2D eigenvalue weighted by Gasteiger charge is -2.06. The van der Waals surface area contributed by atoms with Crippen molar-refractivity contribution in [1.82, 2.24) is 0 Å². The summed E-state index contributed by atoms with van der Waals surface area (Å²) in [7, 11) is 0. The van der Waals surface area contributed by atoms with Crippen molar-refractivity contribution in [2.24, 2.45) is 5.73 Å². The molecule has 9 heteroatoms. The molecule has 0 aromatic carbocycles. The summed E-state index contributed by atoms with van der Waals surface area (Å²) < 4.78 is -0.157. The Morgan fingerprint density at radius 1 is 1.19 bits per heavy atom. The predicted octanol–water partition coefficient (Wildman–Crippen LogP) is 3.66. The van der Waals surface area contributed by atoms with E-state index in [1.165, 1.54) is 0 Å². The van der Waals surface area contributed by atoms with Crippen LogP contribution < -0.4 is 5.73 Å². The Morgan fingerprint density at radius 3 is 2.06 bits per heavy atom. The van der Waals surface area contributed by atoms with Crippen molar-refractivity contribution >= 4 is 75.7 Å². The summed E-state index contributed by atoms with van der Waals surface area (Å²) in [6, 6.07) is -1.04. The number of allylic oxidation sites excluding steroid dienone is 2. The molecule has 92 valence electrons. The number of carbonyl (C=O) groups is 1. The molecule has 0 saturated heterocycles. The maximum absolute atomic E-state index is 10.4. The lowest BCUT2D eigenvalue weighted by atomic mass is 10.4. The highest BCUT2D eigenvalue weighted by molar-refractivity contribution is 8.04. The SMILES string of the molecule is NC(CSC(Cl)=C(Cl)C(Cl)=C(Cl)Cl)C(=O)O. The third-order valence-corrected chi connectivity index (χ3v) is 4.37. The highest BCUT2D eigenvalue weighted by Crippen LogP contribution is 2.36. The molecule has 0 radical (unpaired) electrons. The molecule has 0 aromatic heterocycles. The molecule has 3 N–H and O–H groups in total. The minimum Gasteiger partial charge on any atom is -0.480 e. The van der Waals surface area contributed by atoms with Crippen molar-refractivity contribution in [1.29, 1.82) is 0 Å². The highest BCUT2D eigenvalue weighted by atomic mass is 35.5. The number of halogens is 5. The Labute approximate surface area is 121 Å². The van der Waals surface area contributed by atoms with Crippen LogP contribution in [0.25, 0.3) is 0 Å². The summed E-state index contributed by atoms with van der Waals surface area (Å²) in [5, 5.41) is 8.37. The number of hydrogen-bond donors (Lipinski definition) is 2. The Balaban J connectivity index is 4.57. The third kappa shape index (κ3) is 5.87. The van der Waals surface area contributed by atoms with Gasteiger partial charge in [-0.3, -0.25) is 4.79 Å². The monoisotopic (exact) mass is 343 g/mol. The number of carboxylic acid groups (broad SMARTS) is 1. The van der Waals surface area contributed by atoms with Crippen molar-refractivity contribution in [2.75, 3.05) is 5.75 Å². The molecule has 0 aliphatic carbocycles. The predicted molar refractivity (Wildman–Crippen MR) is 71.4 cm³/mol. The van der Waals surface area contributed by atoms with Gasteiger partial charge in [-0.2, -0.15) is 0 Å². The second kappa shape index (κ2) is 7.93. The molecule has 0 fully saturated rings. The normalized spacial score (nSPS) is 14.1. The van der Waals surface area contributed by atoms with Gasteiger partial charge in [-0.1, -0.05) is 58.0 Å². The summed E-state index contributed by atoms with van der Waals surface area (Å²) in [5.74, 6) is -1.08. The van der Waals surface area contributed by atoms with Crippen molar-refractivity contribution in [3.63, 3.8) is 0 Å². The Morgan fingerprint density at radius 2 is 1.69 bits per heavy atom. The van der Waals surface area contributed by atoms with Crippen LogP contribution in [0.5, 0.6) is 0 Å². The van der Waals surface area contributed by atoms with Crippen LogP contribution >= 0.6 is 69.8 Å². The van der Waals surface area contributed by atoms with Crippen molar-refractivity contribution in [3.05, 3.63) is 18.9 Å². The van der Waals surface area contributed by atoms with E-state index in [4.69, 9.17) is 68.8 Å². The van der Waals surface area contributed by atoms with Gasteiger partial charge in [0.1, 0.15) is 10.5 Å². The van der Waals surface area contributed by atoms with Gasteiger partial charge < -0.3 is 10.8 Å². The van der Waals surface area contributed by atoms with Gasteiger partial charge in [0.2, 0.25) is 0 Å². The summed E-state index contributed by atoms with van der Waals surface area (Å²) in [5.41, 5.74) is 5.26. The summed E-state index contributed by atoms with van der Waals surface area (Å²) >= 11 is 28.8. The Bertz CT molecular complexity index is 340. The van der Waals surface area contributed by atoms with Gasteiger partial charge in [0.25, 0.3) is 0 Å². The van der Waals surface area contributed by atoms with E-state index in [0.717, 1.165) is 11.8 Å². The maximum Gasteiger partial charge on any atom is 0.321 e. The maximum atomic E-state index is 10.4. The highest BCUT2D eigenvalue weighted by Gasteiger charge is 2.15. The molecule has 0 aliphatic rings. The number of nitrogens with two attached hydrogens (primary N) is 1. The average molecular weight is 345 g/mol. The van der Waals surface area contributed by atoms with Crippen LogP contribution in [-0.4, -0.2) is 22.9 Å². The van der Waals surface area contributed by atoms with Gasteiger partial charge in [-0.15, -0.1) is 11.8 Å². The van der Waals surface area contributed by atoms with E-state index in [0.29, 0.717) is 0 Å². The van der Waals surface area contributed by atoms with Gasteiger partial charge in [-0.25, -0.2) is 0 Å². The zero-order chi connectivity index (χ0) is 12.9. The van der Waals surface area contributed by atoms with E-state index in [-0.39, 0.29) is 24.7 Å². The van der Waals surface area contributed by atoms with Gasteiger partial charge in [0, 0.05) is 5.75 Å². The third-order valence-electron chi connectivity index (χ3n) is 1.24. The molecule has 0 amide bonds. The fourth-order valence-corrected chi connectivity index (χ4v) is 2.19. The second-order valence-electron chi connectivity index (χ2n) is 2.42. The Hall–Kier alpha value is 0.710. The van der Waals surface area contributed by atoms with Crippen LogP contribution in [-0.2, 0) is 4.79 Å². The molecule has 0 heterocycles. The molecule has 0 saturated carbocycles. The average Bonchev–Trinajstić information content (AvgIpc) is 2.22. The molecule has 0 rings (SSSR count). The zero-order valence-corrected chi connectivity index (χ0v) is 12.1. The van der Waals surface area contributed by atoms with Gasteiger partial charge >= 0.3 is 5.97 Å². The van der Waals surface area contributed by atoms with Crippen molar-refractivity contribution in [3.8, 4) is 0 Å². The quantitative estimate of drug-likeness (QED) is 0.747. The molecule has 0 spiro atoms. The first-order valence-corrected chi connectivity index (χ1v) is 6.52. The molecule has 16 heavy (non-hydrogen) atoms. The zero-order valence-electron chi connectivity index (χ0n) is 7.52. The number of aliphatic carboxylic acids is 1. The first kappa shape index (κ1) is 16.7. The van der Waals surface area contributed by atoms with Crippen molar-refractivity contribution < 1.29 is 9.90 Å². The van der Waals surface area contributed by atoms with Crippen LogP contribution in [0, 0.1) is 0 Å². The summed E-state index contributed by atoms with van der Waals surface area (Å²) in [6.45, 7) is 0. The number of hydrogen-bond acceptors (Lipinski definition) is 3. The van der Waals surface area contributed by atoms with Crippen LogP contribution in [0.2, 0.25) is 0 Å². The molecule has 1 atom stereocenters. The lowest BCUT2D eigenvalue weighted by molar-refractivity contribution is -0.137. The molecular weight excluding hydrogens is 339 g/mol. The molecule has 0 aromatic rings. The summed E-state index contributed by atoms with van der Waals surface area (Å²) in [4.78, 5) is 10.4. The lowest BCUT2D eigenvalue weighted by Crippen LogP contribution is -2.32. The molecule has 0 aliphatic heterocycles. The van der Waals surface area contributed by atoms with Crippen LogP contribution in [0.15, 0.2) is 18.9 Å². The minimum absolute atomic E-state index is 0.0501. The topological polar surface area (TPSA) is 63.3 Å².